The number of piperidine rings is 1. The van der Waals surface area contributed by atoms with Gasteiger partial charge in [-0.2, -0.15) is 10.4 Å². The van der Waals surface area contributed by atoms with Crippen molar-refractivity contribution in [2.24, 2.45) is 5.41 Å². The molecule has 10 nitrogen and oxygen atoms in total. The molecule has 0 radical (unpaired) electrons. The molecule has 6 rings (SSSR count). The summed E-state index contributed by atoms with van der Waals surface area (Å²) in [6, 6.07) is 10.4. The Morgan fingerprint density at radius 1 is 1.23 bits per heavy atom. The summed E-state index contributed by atoms with van der Waals surface area (Å²) >= 11 is 3.63. The van der Waals surface area contributed by atoms with Crippen molar-refractivity contribution >= 4 is 39.0 Å². The number of anilines is 1. The lowest BCUT2D eigenvalue weighted by atomic mass is 9.72. The van der Waals surface area contributed by atoms with Crippen LogP contribution in [0.15, 0.2) is 28.9 Å². The number of ether oxygens (including phenoxy) is 2. The molecule has 2 aliphatic heterocycles. The zero-order valence-electron chi connectivity index (χ0n) is 23.1. The number of benzene rings is 1. The van der Waals surface area contributed by atoms with Gasteiger partial charge in [-0.1, -0.05) is 24.3 Å². The zero-order valence-corrected chi connectivity index (χ0v) is 24.7. The number of hydrogen-bond donors (Lipinski definition) is 1. The van der Waals surface area contributed by atoms with Gasteiger partial charge in [-0.05, 0) is 86.4 Å². The first-order valence-corrected chi connectivity index (χ1v) is 14.8. The second kappa shape index (κ2) is 10.3. The van der Waals surface area contributed by atoms with E-state index in [1.807, 2.05) is 26.8 Å². The van der Waals surface area contributed by atoms with E-state index in [0.29, 0.717) is 22.4 Å². The molecule has 2 aromatic heterocycles. The van der Waals surface area contributed by atoms with E-state index in [1.54, 1.807) is 4.68 Å². The second-order valence-corrected chi connectivity index (χ2v) is 12.8. The van der Waals surface area contributed by atoms with Gasteiger partial charge in [0.15, 0.2) is 23.4 Å². The van der Waals surface area contributed by atoms with Gasteiger partial charge < -0.3 is 19.7 Å². The van der Waals surface area contributed by atoms with Gasteiger partial charge in [-0.3, -0.25) is 0 Å². The summed E-state index contributed by atoms with van der Waals surface area (Å²) in [5.74, 6) is 0.732. The normalized spacial score (nSPS) is 22.2. The SMILES string of the molecule is CC(C)(C)OC(=O)N[C@@H]1c2ccccc2CC12CCN(c1nc3c(nc1Br)c(C#N)nn3C1CCCCO1)CC2. The monoisotopic (exact) mass is 607 g/mol. The Morgan fingerprint density at radius 3 is 2.70 bits per heavy atom. The average molecular weight is 609 g/mol. The van der Waals surface area contributed by atoms with E-state index in [-0.39, 0.29) is 29.5 Å². The third-order valence-electron chi connectivity index (χ3n) is 8.24. The Labute approximate surface area is 242 Å². The van der Waals surface area contributed by atoms with E-state index in [9.17, 15) is 10.1 Å². The van der Waals surface area contributed by atoms with E-state index in [2.05, 4.69) is 55.5 Å². The molecule has 1 N–H and O–H groups in total. The van der Waals surface area contributed by atoms with Crippen LogP contribution in [0.3, 0.4) is 0 Å². The van der Waals surface area contributed by atoms with Gasteiger partial charge in [0, 0.05) is 25.1 Å². The second-order valence-electron chi connectivity index (χ2n) is 12.0. The number of nitrogens with one attached hydrogen (secondary N) is 1. The molecule has 3 aromatic rings. The van der Waals surface area contributed by atoms with Crippen LogP contribution in [0.1, 0.15) is 82.0 Å². The third-order valence-corrected chi connectivity index (χ3v) is 8.77. The third kappa shape index (κ3) is 4.92. The van der Waals surface area contributed by atoms with Gasteiger partial charge >= 0.3 is 6.09 Å². The predicted molar refractivity (Wildman–Crippen MR) is 153 cm³/mol. The standard InChI is InChI=1S/C29H34BrN7O3/c1-28(2,3)40-27(38)33-23-19-9-5-4-8-18(19)16-29(23)11-13-36(14-12-29)26-24(30)32-22-20(17-31)35-37(25(22)34-26)21-10-6-7-15-39-21/h4-5,8-9,21,23H,6-7,10-16H2,1-3H3,(H,33,38)/t21?,23-/m1/s1. The van der Waals surface area contributed by atoms with Crippen molar-refractivity contribution in [2.45, 2.75) is 77.2 Å². The summed E-state index contributed by atoms with van der Waals surface area (Å²) in [6.07, 6.45) is 4.89. The van der Waals surface area contributed by atoms with Gasteiger partial charge in [0.1, 0.15) is 21.8 Å². The smallest absolute Gasteiger partial charge is 0.408 e. The Kier molecular flexibility index (Phi) is 6.95. The van der Waals surface area contributed by atoms with E-state index < -0.39 is 5.60 Å². The van der Waals surface area contributed by atoms with Crippen molar-refractivity contribution in [1.29, 1.82) is 5.26 Å². The van der Waals surface area contributed by atoms with E-state index in [0.717, 1.165) is 57.4 Å². The summed E-state index contributed by atoms with van der Waals surface area (Å²) < 4.78 is 13.9. The van der Waals surface area contributed by atoms with Gasteiger partial charge in [0.25, 0.3) is 0 Å². The number of carbonyl (C=O) groups excluding carboxylic acids is 1. The number of halogens is 1. The number of fused-ring (bicyclic) bond motifs is 2. The highest BCUT2D eigenvalue weighted by molar-refractivity contribution is 9.10. The minimum atomic E-state index is -0.567. The lowest BCUT2D eigenvalue weighted by Crippen LogP contribution is -2.48. The van der Waals surface area contributed by atoms with Gasteiger partial charge in [-0.15, -0.1) is 0 Å². The van der Waals surface area contributed by atoms with Crippen LogP contribution in [0.4, 0.5) is 10.6 Å². The van der Waals surface area contributed by atoms with E-state index in [1.165, 1.54) is 11.1 Å². The van der Waals surface area contributed by atoms with Crippen molar-refractivity contribution in [3.63, 3.8) is 0 Å². The molecule has 3 aliphatic rings. The maximum Gasteiger partial charge on any atom is 0.408 e. The van der Waals surface area contributed by atoms with Gasteiger partial charge in [0.2, 0.25) is 0 Å². The minimum absolute atomic E-state index is 0.118. The molecule has 2 fully saturated rings. The topological polar surface area (TPSA) is 118 Å². The van der Waals surface area contributed by atoms with Crippen molar-refractivity contribution in [3.8, 4) is 6.07 Å². The predicted octanol–water partition coefficient (Wildman–Crippen LogP) is 5.57. The fourth-order valence-electron chi connectivity index (χ4n) is 6.39. The fraction of sp³-hybridized carbons (Fsp3) is 0.552. The van der Waals surface area contributed by atoms with E-state index >= 15 is 0 Å². The molecular formula is C29H34BrN7O3. The summed E-state index contributed by atoms with van der Waals surface area (Å²) in [6.45, 7) is 7.80. The molecule has 1 unspecified atom stereocenters. The maximum atomic E-state index is 12.9. The van der Waals surface area contributed by atoms with Crippen LogP contribution in [-0.2, 0) is 15.9 Å². The molecule has 40 heavy (non-hydrogen) atoms. The number of rotatable bonds is 3. The van der Waals surface area contributed by atoms with Crippen LogP contribution in [0.2, 0.25) is 0 Å². The van der Waals surface area contributed by atoms with Crippen molar-refractivity contribution in [1.82, 2.24) is 25.1 Å². The molecule has 210 valence electrons. The molecule has 0 saturated carbocycles. The highest BCUT2D eigenvalue weighted by Gasteiger charge is 2.49. The molecule has 0 bridgehead atoms. The Morgan fingerprint density at radius 2 is 2.00 bits per heavy atom. The summed E-state index contributed by atoms with van der Waals surface area (Å²) in [7, 11) is 0. The maximum absolute atomic E-state index is 12.9. The summed E-state index contributed by atoms with van der Waals surface area (Å²) in [4.78, 5) is 24.8. The van der Waals surface area contributed by atoms with Crippen LogP contribution < -0.4 is 10.2 Å². The highest BCUT2D eigenvalue weighted by Crippen LogP contribution is 2.52. The van der Waals surface area contributed by atoms with Crippen LogP contribution >= 0.6 is 15.9 Å². The molecular weight excluding hydrogens is 574 g/mol. The largest absolute Gasteiger partial charge is 0.444 e. The van der Waals surface area contributed by atoms with Crippen LogP contribution in [0, 0.1) is 16.7 Å². The molecule has 1 spiro atoms. The van der Waals surface area contributed by atoms with Crippen molar-refractivity contribution in [2.75, 3.05) is 24.6 Å². The molecule has 2 atom stereocenters. The van der Waals surface area contributed by atoms with Crippen molar-refractivity contribution in [3.05, 3.63) is 45.7 Å². The number of nitrogens with zero attached hydrogens (tertiary/aromatic N) is 6. The number of carbonyl (C=O) groups is 1. The van der Waals surface area contributed by atoms with Crippen LogP contribution in [0.5, 0.6) is 0 Å². The van der Waals surface area contributed by atoms with Crippen molar-refractivity contribution < 1.29 is 14.3 Å². The van der Waals surface area contributed by atoms with Gasteiger partial charge in [0.05, 0.1) is 6.04 Å². The van der Waals surface area contributed by atoms with Crippen LogP contribution in [0.25, 0.3) is 11.2 Å². The van der Waals surface area contributed by atoms with E-state index in [4.69, 9.17) is 19.4 Å². The summed E-state index contributed by atoms with van der Waals surface area (Å²) in [5, 5.41) is 17.4. The summed E-state index contributed by atoms with van der Waals surface area (Å²) in [5.41, 5.74) is 3.06. The zero-order chi connectivity index (χ0) is 28.1. The number of nitriles is 1. The average Bonchev–Trinajstić information content (AvgIpc) is 3.43. The lowest BCUT2D eigenvalue weighted by molar-refractivity contribution is -0.0370. The highest BCUT2D eigenvalue weighted by atomic mass is 79.9. The van der Waals surface area contributed by atoms with Crippen LogP contribution in [-0.4, -0.2) is 51.1 Å². The first kappa shape index (κ1) is 27.0. The first-order valence-electron chi connectivity index (χ1n) is 14.0. The fourth-order valence-corrected chi connectivity index (χ4v) is 6.90. The molecule has 11 heteroatoms. The number of hydrogen-bond acceptors (Lipinski definition) is 8. The molecule has 1 aromatic carbocycles. The molecule has 2 saturated heterocycles. The Hall–Kier alpha value is -3.23. The number of alkyl carbamates (subject to hydrolysis) is 1. The quantitative estimate of drug-likeness (QED) is 0.410. The minimum Gasteiger partial charge on any atom is -0.444 e. The first-order chi connectivity index (χ1) is 19.2. The Bertz CT molecular complexity index is 1480. The molecule has 4 heterocycles. The lowest BCUT2D eigenvalue weighted by Gasteiger charge is -2.44. The Balaban J connectivity index is 1.27. The number of amides is 1. The molecule has 1 amide bonds. The van der Waals surface area contributed by atoms with Gasteiger partial charge in [-0.25, -0.2) is 19.4 Å². The molecule has 1 aliphatic carbocycles. The number of aromatic nitrogens is 4.